The topological polar surface area (TPSA) is 89.1 Å². The van der Waals surface area contributed by atoms with Crippen LogP contribution < -0.4 is 0 Å². The van der Waals surface area contributed by atoms with Gasteiger partial charge in [-0.05, 0) is 30.3 Å². The highest BCUT2D eigenvalue weighted by atomic mass is 35.5. The number of thiophene rings is 1. The Balaban J connectivity index is 2.06. The van der Waals surface area contributed by atoms with Crippen molar-refractivity contribution in [1.29, 1.82) is 0 Å². The van der Waals surface area contributed by atoms with Crippen molar-refractivity contribution in [2.24, 2.45) is 0 Å². The van der Waals surface area contributed by atoms with Crippen molar-refractivity contribution in [3.05, 3.63) is 34.7 Å². The Morgan fingerprint density at radius 1 is 1.32 bits per heavy atom. The fourth-order valence-corrected chi connectivity index (χ4v) is 3.80. The van der Waals surface area contributed by atoms with E-state index in [1.165, 1.54) is 23.5 Å². The van der Waals surface area contributed by atoms with Crippen LogP contribution in [-0.4, -0.2) is 24.4 Å². The molecular weight excluding hydrogens is 348 g/mol. The van der Waals surface area contributed by atoms with Crippen LogP contribution >= 0.6 is 22.9 Å². The normalized spacial score (nSPS) is 11.7. The van der Waals surface area contributed by atoms with E-state index in [1.807, 2.05) is 6.07 Å². The molecule has 114 valence electrons. The standard InChI is InChI=1S/C13H9ClN2O4S2/c1-7(17)20-22(18,19)8-2-3-9-10(6-8)16-13(15-9)11-4-5-12(14)21-11/h2-6H,1H3,(H,15,16). The summed E-state index contributed by atoms with van der Waals surface area (Å²) in [6.07, 6.45) is 0. The van der Waals surface area contributed by atoms with Crippen LogP contribution in [0.2, 0.25) is 4.34 Å². The van der Waals surface area contributed by atoms with E-state index in [4.69, 9.17) is 11.6 Å². The molecule has 0 atom stereocenters. The second-order valence-electron chi connectivity index (χ2n) is 4.40. The molecule has 6 nitrogen and oxygen atoms in total. The minimum atomic E-state index is -4.12. The number of carbonyl (C=O) groups is 1. The van der Waals surface area contributed by atoms with Crippen LogP contribution in [0.1, 0.15) is 6.92 Å². The second kappa shape index (κ2) is 5.38. The summed E-state index contributed by atoms with van der Waals surface area (Å²) >= 11 is 7.25. The van der Waals surface area contributed by atoms with E-state index in [-0.39, 0.29) is 4.90 Å². The zero-order valence-corrected chi connectivity index (χ0v) is 13.6. The highest BCUT2D eigenvalue weighted by Gasteiger charge is 2.19. The van der Waals surface area contributed by atoms with Gasteiger partial charge in [0.05, 0.1) is 20.2 Å². The summed E-state index contributed by atoms with van der Waals surface area (Å²) in [5.41, 5.74) is 1.12. The average molecular weight is 357 g/mol. The summed E-state index contributed by atoms with van der Waals surface area (Å²) in [7, 11) is -4.12. The van der Waals surface area contributed by atoms with Crippen molar-refractivity contribution >= 4 is 50.1 Å². The summed E-state index contributed by atoms with van der Waals surface area (Å²) in [4.78, 5) is 19.0. The number of aromatic nitrogens is 2. The summed E-state index contributed by atoms with van der Waals surface area (Å²) in [5, 5.41) is 0. The lowest BCUT2D eigenvalue weighted by atomic mass is 10.3. The molecule has 0 aliphatic heterocycles. The molecule has 0 aliphatic rings. The van der Waals surface area contributed by atoms with E-state index < -0.39 is 16.1 Å². The van der Waals surface area contributed by atoms with Gasteiger partial charge in [-0.3, -0.25) is 4.79 Å². The van der Waals surface area contributed by atoms with Gasteiger partial charge in [0, 0.05) is 6.92 Å². The Hall–Kier alpha value is -1.90. The Bertz CT molecular complexity index is 975. The highest BCUT2D eigenvalue weighted by molar-refractivity contribution is 7.87. The van der Waals surface area contributed by atoms with Crippen LogP contribution in [-0.2, 0) is 19.1 Å². The quantitative estimate of drug-likeness (QED) is 0.728. The van der Waals surface area contributed by atoms with Crippen molar-refractivity contribution < 1.29 is 17.4 Å². The molecule has 2 aromatic heterocycles. The lowest BCUT2D eigenvalue weighted by Crippen LogP contribution is -2.10. The third-order valence-electron chi connectivity index (χ3n) is 2.78. The van der Waals surface area contributed by atoms with E-state index in [0.29, 0.717) is 21.2 Å². The third kappa shape index (κ3) is 2.85. The molecule has 2 heterocycles. The molecule has 22 heavy (non-hydrogen) atoms. The predicted molar refractivity (Wildman–Crippen MR) is 83.4 cm³/mol. The molecule has 0 amide bonds. The molecule has 0 spiro atoms. The summed E-state index contributed by atoms with van der Waals surface area (Å²) in [5.74, 6) is -0.299. The predicted octanol–water partition coefficient (Wildman–Crippen LogP) is 3.20. The molecule has 0 saturated heterocycles. The molecule has 9 heteroatoms. The largest absolute Gasteiger partial charge is 0.343 e. The maximum atomic E-state index is 11.9. The Morgan fingerprint density at radius 3 is 2.73 bits per heavy atom. The van der Waals surface area contributed by atoms with Gasteiger partial charge in [0.15, 0.2) is 0 Å². The fourth-order valence-electron chi connectivity index (χ4n) is 1.91. The van der Waals surface area contributed by atoms with Crippen molar-refractivity contribution in [1.82, 2.24) is 9.97 Å². The summed E-state index contributed by atoms with van der Waals surface area (Å²) < 4.78 is 28.7. The molecule has 0 fully saturated rings. The minimum absolute atomic E-state index is 0.116. The van der Waals surface area contributed by atoms with Crippen molar-refractivity contribution in [3.63, 3.8) is 0 Å². The molecule has 0 unspecified atom stereocenters. The third-order valence-corrected chi connectivity index (χ3v) is 5.30. The lowest BCUT2D eigenvalue weighted by molar-refractivity contribution is -0.131. The molecule has 1 aromatic carbocycles. The summed E-state index contributed by atoms with van der Waals surface area (Å²) in [6.45, 7) is 1.03. The van der Waals surface area contributed by atoms with Crippen LogP contribution in [0.5, 0.6) is 0 Å². The number of benzene rings is 1. The van der Waals surface area contributed by atoms with E-state index in [2.05, 4.69) is 14.2 Å². The van der Waals surface area contributed by atoms with Crippen molar-refractivity contribution in [2.45, 2.75) is 11.8 Å². The summed E-state index contributed by atoms with van der Waals surface area (Å²) in [6, 6.07) is 7.83. The molecule has 1 N–H and O–H groups in total. The van der Waals surface area contributed by atoms with Gasteiger partial charge < -0.3 is 9.17 Å². The van der Waals surface area contributed by atoms with Crippen LogP contribution in [0.3, 0.4) is 0 Å². The monoisotopic (exact) mass is 356 g/mol. The van der Waals surface area contributed by atoms with Crippen molar-refractivity contribution in [3.8, 4) is 10.7 Å². The number of H-pyrrole nitrogens is 1. The Morgan fingerprint density at radius 2 is 2.09 bits per heavy atom. The first kappa shape index (κ1) is 15.0. The van der Waals surface area contributed by atoms with Crippen molar-refractivity contribution in [2.75, 3.05) is 0 Å². The first-order chi connectivity index (χ1) is 10.3. The van der Waals surface area contributed by atoms with Gasteiger partial charge in [-0.15, -0.1) is 11.3 Å². The van der Waals surface area contributed by atoms with Gasteiger partial charge in [-0.25, -0.2) is 4.98 Å². The minimum Gasteiger partial charge on any atom is -0.343 e. The number of fused-ring (bicyclic) bond motifs is 1. The Labute approximate surface area is 134 Å². The van der Waals surface area contributed by atoms with Gasteiger partial charge in [0.25, 0.3) is 0 Å². The number of carbonyl (C=O) groups excluding carboxylic acids is 1. The number of rotatable bonds is 3. The molecule has 3 aromatic rings. The van der Waals surface area contributed by atoms with Gasteiger partial charge in [-0.2, -0.15) is 8.42 Å². The molecule has 0 radical (unpaired) electrons. The zero-order valence-electron chi connectivity index (χ0n) is 11.2. The molecule has 0 aliphatic carbocycles. The number of nitrogens with one attached hydrogen (secondary N) is 1. The fraction of sp³-hybridized carbons (Fsp3) is 0.0769. The van der Waals surface area contributed by atoms with E-state index in [9.17, 15) is 13.2 Å². The number of hydrogen-bond acceptors (Lipinski definition) is 6. The van der Waals surface area contributed by atoms with E-state index in [1.54, 1.807) is 12.1 Å². The van der Waals surface area contributed by atoms with Gasteiger partial charge in [0.2, 0.25) is 0 Å². The first-order valence-electron chi connectivity index (χ1n) is 6.06. The zero-order chi connectivity index (χ0) is 15.9. The van der Waals surface area contributed by atoms with Gasteiger partial charge in [0.1, 0.15) is 10.7 Å². The molecule has 3 rings (SSSR count). The maximum absolute atomic E-state index is 11.9. The van der Waals surface area contributed by atoms with E-state index in [0.717, 1.165) is 11.8 Å². The van der Waals surface area contributed by atoms with Crippen LogP contribution in [0.25, 0.3) is 21.7 Å². The van der Waals surface area contributed by atoms with Gasteiger partial charge in [-0.1, -0.05) is 11.6 Å². The number of aromatic amines is 1. The second-order valence-corrected chi connectivity index (χ2v) is 7.66. The van der Waals surface area contributed by atoms with Crippen LogP contribution in [0, 0.1) is 0 Å². The molecule has 0 bridgehead atoms. The SMILES string of the molecule is CC(=O)OS(=O)(=O)c1ccc2nc(-c3ccc(Cl)s3)[nH]c2c1. The number of hydrogen-bond donors (Lipinski definition) is 1. The number of halogens is 1. The van der Waals surface area contributed by atoms with Crippen LogP contribution in [0.15, 0.2) is 35.2 Å². The first-order valence-corrected chi connectivity index (χ1v) is 8.66. The molecular formula is C13H9ClN2O4S2. The Kier molecular flexibility index (Phi) is 3.67. The average Bonchev–Trinajstić information content (AvgIpc) is 3.01. The van der Waals surface area contributed by atoms with Gasteiger partial charge >= 0.3 is 16.1 Å². The lowest BCUT2D eigenvalue weighted by Gasteiger charge is -2.02. The highest BCUT2D eigenvalue weighted by Crippen LogP contribution is 2.31. The number of nitrogens with zero attached hydrogens (tertiary/aromatic N) is 1. The van der Waals surface area contributed by atoms with Crippen LogP contribution in [0.4, 0.5) is 0 Å². The smallest absolute Gasteiger partial charge is 0.341 e. The van der Waals surface area contributed by atoms with E-state index >= 15 is 0 Å². The molecule has 0 saturated carbocycles. The maximum Gasteiger partial charge on any atom is 0.341 e. The number of imidazole rings is 1.